The van der Waals surface area contributed by atoms with Crippen molar-refractivity contribution in [2.75, 3.05) is 7.05 Å². The van der Waals surface area contributed by atoms with Crippen molar-refractivity contribution in [3.05, 3.63) is 33.3 Å². The molecule has 0 radical (unpaired) electrons. The van der Waals surface area contributed by atoms with E-state index in [0.717, 1.165) is 10.2 Å². The SMILES string of the molecule is Cc1nn(C(C)C(=O)N(C)Cc2c(Br)cnn2C)cc1Cl. The maximum atomic E-state index is 12.5. The molecule has 0 saturated carbocycles. The molecule has 0 N–H and O–H groups in total. The molecule has 2 aromatic rings. The van der Waals surface area contributed by atoms with Crippen LogP contribution in [0.2, 0.25) is 5.02 Å². The molecule has 2 heterocycles. The molecule has 21 heavy (non-hydrogen) atoms. The van der Waals surface area contributed by atoms with Crippen molar-refractivity contribution in [3.63, 3.8) is 0 Å². The molecule has 114 valence electrons. The molecule has 8 heteroatoms. The number of halogens is 2. The number of carbonyl (C=O) groups excluding carboxylic acids is 1. The Labute approximate surface area is 136 Å². The summed E-state index contributed by atoms with van der Waals surface area (Å²) in [5.74, 6) is -0.0396. The van der Waals surface area contributed by atoms with Gasteiger partial charge in [0, 0.05) is 20.3 Å². The summed E-state index contributed by atoms with van der Waals surface area (Å²) in [4.78, 5) is 14.1. The van der Waals surface area contributed by atoms with E-state index in [1.165, 1.54) is 0 Å². The number of hydrogen-bond acceptors (Lipinski definition) is 3. The number of amides is 1. The van der Waals surface area contributed by atoms with E-state index in [4.69, 9.17) is 11.6 Å². The lowest BCUT2D eigenvalue weighted by Crippen LogP contribution is -2.33. The largest absolute Gasteiger partial charge is 0.338 e. The third-order valence-electron chi connectivity index (χ3n) is 3.38. The quantitative estimate of drug-likeness (QED) is 0.826. The Morgan fingerprint density at radius 2 is 2.24 bits per heavy atom. The minimum absolute atomic E-state index is 0.0396. The highest BCUT2D eigenvalue weighted by molar-refractivity contribution is 9.10. The van der Waals surface area contributed by atoms with Crippen LogP contribution in [-0.2, 0) is 18.4 Å². The third-order valence-corrected chi connectivity index (χ3v) is 4.42. The first-order valence-corrected chi connectivity index (χ1v) is 7.61. The van der Waals surface area contributed by atoms with Crippen LogP contribution in [0.1, 0.15) is 24.4 Å². The molecule has 0 aliphatic heterocycles. The maximum absolute atomic E-state index is 12.5. The Bertz CT molecular complexity index is 627. The van der Waals surface area contributed by atoms with Crippen LogP contribution in [0.3, 0.4) is 0 Å². The summed E-state index contributed by atoms with van der Waals surface area (Å²) in [5.41, 5.74) is 1.65. The lowest BCUT2D eigenvalue weighted by Gasteiger charge is -2.22. The van der Waals surface area contributed by atoms with Gasteiger partial charge in [0.1, 0.15) is 6.04 Å². The fourth-order valence-corrected chi connectivity index (χ4v) is 2.62. The van der Waals surface area contributed by atoms with E-state index in [-0.39, 0.29) is 5.91 Å². The van der Waals surface area contributed by atoms with Crippen LogP contribution in [0.25, 0.3) is 0 Å². The zero-order valence-electron chi connectivity index (χ0n) is 12.3. The molecule has 1 amide bonds. The molecular formula is C13H17BrClN5O. The Morgan fingerprint density at radius 1 is 1.57 bits per heavy atom. The molecule has 1 atom stereocenters. The van der Waals surface area contributed by atoms with Crippen molar-refractivity contribution in [2.24, 2.45) is 7.05 Å². The number of aromatic nitrogens is 4. The Hall–Kier alpha value is -1.34. The lowest BCUT2D eigenvalue weighted by atomic mass is 10.3. The first kappa shape index (κ1) is 16.0. The van der Waals surface area contributed by atoms with Crippen LogP contribution in [0.4, 0.5) is 0 Å². The van der Waals surface area contributed by atoms with Gasteiger partial charge in [-0.3, -0.25) is 14.2 Å². The van der Waals surface area contributed by atoms with Crippen molar-refractivity contribution in [1.29, 1.82) is 0 Å². The summed E-state index contributed by atoms with van der Waals surface area (Å²) in [5, 5.41) is 8.96. The molecule has 0 fully saturated rings. The van der Waals surface area contributed by atoms with Gasteiger partial charge in [-0.1, -0.05) is 11.6 Å². The highest BCUT2D eigenvalue weighted by Crippen LogP contribution is 2.20. The van der Waals surface area contributed by atoms with Crippen molar-refractivity contribution < 1.29 is 4.79 Å². The Balaban J connectivity index is 2.12. The average molecular weight is 375 g/mol. The summed E-state index contributed by atoms with van der Waals surface area (Å²) in [6, 6.07) is -0.409. The molecule has 1 unspecified atom stereocenters. The number of hydrogen-bond donors (Lipinski definition) is 0. The van der Waals surface area contributed by atoms with E-state index < -0.39 is 6.04 Å². The standard InChI is InChI=1S/C13H17BrClN5O/c1-8-11(15)6-20(17-8)9(2)13(21)18(3)7-12-10(14)5-16-19(12)4/h5-6,9H,7H2,1-4H3. The summed E-state index contributed by atoms with van der Waals surface area (Å²) < 4.78 is 4.22. The van der Waals surface area contributed by atoms with Crippen LogP contribution >= 0.6 is 27.5 Å². The van der Waals surface area contributed by atoms with E-state index in [2.05, 4.69) is 26.1 Å². The number of aryl methyl sites for hydroxylation is 2. The molecule has 2 rings (SSSR count). The number of likely N-dealkylation sites (N-methyl/N-ethyl adjacent to an activating group) is 1. The fourth-order valence-electron chi connectivity index (χ4n) is 2.01. The fraction of sp³-hybridized carbons (Fsp3) is 0.462. The normalized spacial score (nSPS) is 12.5. The van der Waals surface area contributed by atoms with E-state index in [1.54, 1.807) is 40.6 Å². The highest BCUT2D eigenvalue weighted by atomic mass is 79.9. The van der Waals surface area contributed by atoms with Gasteiger partial charge in [0.2, 0.25) is 5.91 Å². The topological polar surface area (TPSA) is 56.0 Å². The van der Waals surface area contributed by atoms with Gasteiger partial charge in [0.05, 0.1) is 33.6 Å². The monoisotopic (exact) mass is 373 g/mol. The smallest absolute Gasteiger partial charge is 0.247 e. The average Bonchev–Trinajstić information content (AvgIpc) is 2.94. The first-order valence-electron chi connectivity index (χ1n) is 6.44. The van der Waals surface area contributed by atoms with Crippen molar-refractivity contribution in [2.45, 2.75) is 26.4 Å². The highest BCUT2D eigenvalue weighted by Gasteiger charge is 2.22. The molecule has 0 spiro atoms. The van der Waals surface area contributed by atoms with Gasteiger partial charge < -0.3 is 4.90 Å². The summed E-state index contributed by atoms with van der Waals surface area (Å²) in [7, 11) is 3.61. The molecular weight excluding hydrogens is 358 g/mol. The van der Waals surface area contributed by atoms with Gasteiger partial charge in [-0.15, -0.1) is 0 Å². The molecule has 0 aliphatic rings. The van der Waals surface area contributed by atoms with Crippen LogP contribution in [0.5, 0.6) is 0 Å². The van der Waals surface area contributed by atoms with Gasteiger partial charge >= 0.3 is 0 Å². The van der Waals surface area contributed by atoms with Crippen LogP contribution in [-0.4, -0.2) is 37.4 Å². The molecule has 0 bridgehead atoms. The zero-order chi connectivity index (χ0) is 15.7. The van der Waals surface area contributed by atoms with Crippen molar-refractivity contribution >= 4 is 33.4 Å². The first-order chi connectivity index (χ1) is 9.81. The van der Waals surface area contributed by atoms with E-state index in [9.17, 15) is 4.79 Å². The molecule has 0 saturated heterocycles. The Morgan fingerprint density at radius 3 is 2.71 bits per heavy atom. The van der Waals surface area contributed by atoms with E-state index in [1.807, 2.05) is 14.0 Å². The molecule has 2 aromatic heterocycles. The Kier molecular flexibility index (Phi) is 4.73. The van der Waals surface area contributed by atoms with E-state index >= 15 is 0 Å². The van der Waals surface area contributed by atoms with Crippen LogP contribution < -0.4 is 0 Å². The second kappa shape index (κ2) is 6.19. The number of nitrogens with zero attached hydrogens (tertiary/aromatic N) is 5. The van der Waals surface area contributed by atoms with Crippen molar-refractivity contribution in [1.82, 2.24) is 24.5 Å². The zero-order valence-corrected chi connectivity index (χ0v) is 14.7. The van der Waals surface area contributed by atoms with E-state index in [0.29, 0.717) is 17.3 Å². The second-order valence-electron chi connectivity index (χ2n) is 4.98. The van der Waals surface area contributed by atoms with Gasteiger partial charge in [-0.25, -0.2) is 0 Å². The van der Waals surface area contributed by atoms with Gasteiger partial charge in [0.25, 0.3) is 0 Å². The van der Waals surface area contributed by atoms with Crippen LogP contribution in [0, 0.1) is 6.92 Å². The third kappa shape index (κ3) is 3.29. The minimum Gasteiger partial charge on any atom is -0.338 e. The number of carbonyl (C=O) groups is 1. The summed E-state index contributed by atoms with van der Waals surface area (Å²) in [6.45, 7) is 4.08. The van der Waals surface area contributed by atoms with Crippen molar-refractivity contribution in [3.8, 4) is 0 Å². The second-order valence-corrected chi connectivity index (χ2v) is 6.24. The predicted molar refractivity (Wildman–Crippen MR) is 84.1 cm³/mol. The molecule has 0 aliphatic carbocycles. The van der Waals surface area contributed by atoms with Gasteiger partial charge in [-0.2, -0.15) is 10.2 Å². The number of rotatable bonds is 4. The predicted octanol–water partition coefficient (Wildman–Crippen LogP) is 2.56. The summed E-state index contributed by atoms with van der Waals surface area (Å²) in [6.07, 6.45) is 3.39. The maximum Gasteiger partial charge on any atom is 0.247 e. The lowest BCUT2D eigenvalue weighted by molar-refractivity contribution is -0.133. The summed E-state index contributed by atoms with van der Waals surface area (Å²) >= 11 is 9.42. The molecule has 6 nitrogen and oxygen atoms in total. The van der Waals surface area contributed by atoms with Gasteiger partial charge in [-0.05, 0) is 29.8 Å². The molecule has 0 aromatic carbocycles. The minimum atomic E-state index is -0.409. The van der Waals surface area contributed by atoms with Gasteiger partial charge in [0.15, 0.2) is 0 Å². The van der Waals surface area contributed by atoms with Crippen LogP contribution in [0.15, 0.2) is 16.9 Å².